The number of aliphatic imine (C=N–C) groups is 1. The molecule has 1 aliphatic heterocycles. The van der Waals surface area contributed by atoms with Crippen LogP contribution in [-0.4, -0.2) is 60.3 Å². The smallest absolute Gasteiger partial charge is 0.218 e. The summed E-state index contributed by atoms with van der Waals surface area (Å²) in [5.41, 5.74) is 1.95. The zero-order chi connectivity index (χ0) is 20.8. The molecular weight excluding hydrogens is 378 g/mol. The third-order valence-corrected chi connectivity index (χ3v) is 5.88. The fourth-order valence-corrected chi connectivity index (χ4v) is 4.23. The average molecular weight is 410 g/mol. The van der Waals surface area contributed by atoms with E-state index in [2.05, 4.69) is 31.2 Å². The first-order chi connectivity index (χ1) is 14.7. The van der Waals surface area contributed by atoms with Gasteiger partial charge < -0.3 is 25.0 Å². The predicted octanol–water partition coefficient (Wildman–Crippen LogP) is 3.01. The van der Waals surface area contributed by atoms with Crippen molar-refractivity contribution >= 4 is 11.6 Å². The summed E-state index contributed by atoms with van der Waals surface area (Å²) in [6.07, 6.45) is 6.80. The number of hydrogen-bond donors (Lipinski definition) is 2. The number of benzene rings is 1. The molecule has 0 amide bonds. The molecule has 7 heteroatoms. The summed E-state index contributed by atoms with van der Waals surface area (Å²) in [7, 11) is 1.82. The largest absolute Gasteiger partial charge is 0.506 e. The number of guanidine groups is 1. The lowest BCUT2D eigenvalue weighted by Crippen LogP contribution is -2.52. The first-order valence-corrected chi connectivity index (χ1v) is 10.8. The van der Waals surface area contributed by atoms with Gasteiger partial charge >= 0.3 is 0 Å². The summed E-state index contributed by atoms with van der Waals surface area (Å²) >= 11 is 0. The van der Waals surface area contributed by atoms with Crippen LogP contribution in [0.15, 0.2) is 47.6 Å². The molecule has 4 rings (SSSR count). The number of pyridine rings is 1. The van der Waals surface area contributed by atoms with Gasteiger partial charge in [0, 0.05) is 51.5 Å². The van der Waals surface area contributed by atoms with E-state index >= 15 is 0 Å². The van der Waals surface area contributed by atoms with Gasteiger partial charge in [0.2, 0.25) is 5.88 Å². The van der Waals surface area contributed by atoms with E-state index in [4.69, 9.17) is 4.74 Å². The van der Waals surface area contributed by atoms with E-state index in [1.54, 1.807) is 12.3 Å². The number of para-hydroxylation sites is 2. The van der Waals surface area contributed by atoms with Gasteiger partial charge in [0.15, 0.2) is 5.96 Å². The molecule has 0 spiro atoms. The Bertz CT molecular complexity index is 858. The number of anilines is 1. The molecule has 1 saturated heterocycles. The molecule has 2 fully saturated rings. The van der Waals surface area contributed by atoms with Gasteiger partial charge in [0.1, 0.15) is 11.9 Å². The number of piperazine rings is 1. The monoisotopic (exact) mass is 409 g/mol. The Labute approximate surface area is 178 Å². The Kier molecular flexibility index (Phi) is 6.57. The van der Waals surface area contributed by atoms with Gasteiger partial charge in [-0.25, -0.2) is 4.98 Å². The Morgan fingerprint density at radius 2 is 1.90 bits per heavy atom. The molecule has 7 nitrogen and oxygen atoms in total. The zero-order valence-corrected chi connectivity index (χ0v) is 17.6. The molecule has 30 heavy (non-hydrogen) atoms. The molecule has 1 saturated carbocycles. The van der Waals surface area contributed by atoms with Crippen molar-refractivity contribution in [3.05, 3.63) is 48.2 Å². The third kappa shape index (κ3) is 4.78. The zero-order valence-electron chi connectivity index (χ0n) is 17.6. The molecular formula is C23H31N5O2. The van der Waals surface area contributed by atoms with Crippen molar-refractivity contribution in [2.24, 2.45) is 4.99 Å². The van der Waals surface area contributed by atoms with E-state index in [0.717, 1.165) is 62.1 Å². The number of aromatic hydroxyl groups is 1. The van der Waals surface area contributed by atoms with E-state index < -0.39 is 0 Å². The van der Waals surface area contributed by atoms with Crippen LogP contribution in [0.1, 0.15) is 31.2 Å². The van der Waals surface area contributed by atoms with Gasteiger partial charge in [-0.15, -0.1) is 0 Å². The molecule has 2 N–H and O–H groups in total. The molecule has 2 heterocycles. The maximum atomic E-state index is 10.1. The first-order valence-electron chi connectivity index (χ1n) is 10.8. The molecule has 2 aromatic rings. The van der Waals surface area contributed by atoms with Crippen LogP contribution in [0.3, 0.4) is 0 Å². The van der Waals surface area contributed by atoms with Crippen LogP contribution >= 0.6 is 0 Å². The van der Waals surface area contributed by atoms with Crippen LogP contribution in [0.4, 0.5) is 5.69 Å². The fourth-order valence-electron chi connectivity index (χ4n) is 4.23. The quantitative estimate of drug-likeness (QED) is 0.584. The maximum Gasteiger partial charge on any atom is 0.218 e. The molecule has 160 valence electrons. The second-order valence-corrected chi connectivity index (χ2v) is 7.86. The number of aromatic nitrogens is 1. The lowest BCUT2D eigenvalue weighted by atomic mass is 10.2. The highest BCUT2D eigenvalue weighted by molar-refractivity contribution is 5.80. The van der Waals surface area contributed by atoms with Crippen LogP contribution in [0.2, 0.25) is 0 Å². The summed E-state index contributed by atoms with van der Waals surface area (Å²) in [5, 5.41) is 13.6. The highest BCUT2D eigenvalue weighted by Crippen LogP contribution is 2.27. The molecule has 1 aromatic heterocycles. The van der Waals surface area contributed by atoms with Crippen molar-refractivity contribution in [1.82, 2.24) is 15.2 Å². The van der Waals surface area contributed by atoms with Crippen molar-refractivity contribution in [3.8, 4) is 11.6 Å². The highest BCUT2D eigenvalue weighted by Gasteiger charge is 2.22. The highest BCUT2D eigenvalue weighted by atomic mass is 16.5. The average Bonchev–Trinajstić information content (AvgIpc) is 3.29. The van der Waals surface area contributed by atoms with Crippen molar-refractivity contribution in [3.63, 3.8) is 0 Å². The number of nitrogens with one attached hydrogen (secondary N) is 1. The lowest BCUT2D eigenvalue weighted by molar-refractivity contribution is 0.199. The lowest BCUT2D eigenvalue weighted by Gasteiger charge is -2.37. The van der Waals surface area contributed by atoms with E-state index in [1.807, 2.05) is 31.3 Å². The van der Waals surface area contributed by atoms with Gasteiger partial charge in [0.05, 0.1) is 5.69 Å². The number of hydrogen-bond acceptors (Lipinski definition) is 5. The van der Waals surface area contributed by atoms with Crippen LogP contribution < -0.4 is 15.0 Å². The van der Waals surface area contributed by atoms with E-state index in [9.17, 15) is 5.11 Å². The van der Waals surface area contributed by atoms with Gasteiger partial charge in [0.25, 0.3) is 0 Å². The van der Waals surface area contributed by atoms with Crippen molar-refractivity contribution < 1.29 is 9.84 Å². The van der Waals surface area contributed by atoms with Crippen molar-refractivity contribution in [2.45, 2.75) is 38.3 Å². The van der Waals surface area contributed by atoms with Crippen LogP contribution in [0.5, 0.6) is 11.6 Å². The Morgan fingerprint density at radius 1 is 1.13 bits per heavy atom. The van der Waals surface area contributed by atoms with Crippen LogP contribution in [0.25, 0.3) is 0 Å². The van der Waals surface area contributed by atoms with Crippen LogP contribution in [0, 0.1) is 0 Å². The summed E-state index contributed by atoms with van der Waals surface area (Å²) in [4.78, 5) is 13.4. The number of phenols is 1. The Hall–Kier alpha value is -2.96. The normalized spacial score (nSPS) is 18.0. The number of phenolic OH excluding ortho intramolecular Hbond substituents is 1. The van der Waals surface area contributed by atoms with E-state index in [1.165, 1.54) is 12.8 Å². The molecule has 0 atom stereocenters. The first kappa shape index (κ1) is 20.3. The maximum absolute atomic E-state index is 10.1. The molecule has 2 aliphatic rings. The summed E-state index contributed by atoms with van der Waals surface area (Å²) < 4.78 is 6.16. The number of rotatable bonds is 5. The van der Waals surface area contributed by atoms with Gasteiger partial charge in [-0.3, -0.25) is 4.99 Å². The minimum absolute atomic E-state index is 0.292. The molecule has 0 unspecified atom stereocenters. The number of ether oxygens (including phenoxy) is 1. The van der Waals surface area contributed by atoms with E-state index in [-0.39, 0.29) is 0 Å². The van der Waals surface area contributed by atoms with Gasteiger partial charge in [-0.05, 0) is 43.9 Å². The Morgan fingerprint density at radius 3 is 2.63 bits per heavy atom. The summed E-state index contributed by atoms with van der Waals surface area (Å²) in [6.45, 7) is 3.98. The molecule has 1 aliphatic carbocycles. The van der Waals surface area contributed by atoms with E-state index in [0.29, 0.717) is 18.4 Å². The second-order valence-electron chi connectivity index (χ2n) is 7.86. The fraction of sp³-hybridized carbons (Fsp3) is 0.478. The minimum Gasteiger partial charge on any atom is -0.506 e. The predicted molar refractivity (Wildman–Crippen MR) is 119 cm³/mol. The second kappa shape index (κ2) is 9.69. The number of nitrogens with zero attached hydrogens (tertiary/aromatic N) is 4. The SMILES string of the molecule is CN=C(NCc1cccnc1OC1CCCC1)N1CCN(c2ccccc2O)CC1. The molecule has 1 aromatic carbocycles. The van der Waals surface area contributed by atoms with Crippen molar-refractivity contribution in [1.29, 1.82) is 0 Å². The molecule has 0 radical (unpaired) electrons. The Balaban J connectivity index is 1.33. The summed E-state index contributed by atoms with van der Waals surface area (Å²) in [6, 6.07) is 11.5. The standard InChI is InChI=1S/C23H31N5O2/c1-24-23(28-15-13-27(14-16-28)20-10-4-5-11-21(20)29)26-17-18-7-6-12-25-22(18)30-19-8-2-3-9-19/h4-7,10-12,19,29H,2-3,8-9,13-17H2,1H3,(H,24,26). The van der Waals surface area contributed by atoms with Crippen molar-refractivity contribution in [2.75, 3.05) is 38.1 Å². The molecule has 0 bridgehead atoms. The van der Waals surface area contributed by atoms with Crippen LogP contribution in [-0.2, 0) is 6.54 Å². The van der Waals surface area contributed by atoms with Gasteiger partial charge in [-0.1, -0.05) is 18.2 Å². The summed E-state index contributed by atoms with van der Waals surface area (Å²) in [5.74, 6) is 1.94. The third-order valence-electron chi connectivity index (χ3n) is 5.88. The topological polar surface area (TPSA) is 73.2 Å². The van der Waals surface area contributed by atoms with Gasteiger partial charge in [-0.2, -0.15) is 0 Å². The minimum atomic E-state index is 0.292.